The highest BCUT2D eigenvalue weighted by Gasteiger charge is 2.31. The van der Waals surface area contributed by atoms with Crippen molar-refractivity contribution >= 4 is 17.5 Å². The number of rotatable bonds is 9. The number of ether oxygens (including phenoxy) is 1. The average molecular weight is 522 g/mol. The van der Waals surface area contributed by atoms with Crippen molar-refractivity contribution in [3.05, 3.63) is 48.8 Å². The van der Waals surface area contributed by atoms with Gasteiger partial charge in [0.2, 0.25) is 5.91 Å². The van der Waals surface area contributed by atoms with E-state index in [2.05, 4.69) is 9.88 Å². The lowest BCUT2D eigenvalue weighted by atomic mass is 9.97. The van der Waals surface area contributed by atoms with Crippen molar-refractivity contribution in [3.8, 4) is 28.5 Å². The molecular weight excluding hydrogens is 486 g/mol. The van der Waals surface area contributed by atoms with Gasteiger partial charge in [0.1, 0.15) is 5.75 Å². The first-order chi connectivity index (χ1) is 18.2. The third-order valence-electron chi connectivity index (χ3n) is 7.73. The maximum absolute atomic E-state index is 13.8. The molecule has 0 N–H and O–H groups in total. The largest absolute Gasteiger partial charge is 0.478 e. The molecule has 0 saturated heterocycles. The Morgan fingerprint density at radius 2 is 1.70 bits per heavy atom. The van der Waals surface area contributed by atoms with E-state index in [0.717, 1.165) is 55.5 Å². The molecule has 1 aromatic carbocycles. The maximum Gasteiger partial charge on any atom is 0.225 e. The van der Waals surface area contributed by atoms with Crippen LogP contribution in [0.15, 0.2) is 48.8 Å². The van der Waals surface area contributed by atoms with Crippen molar-refractivity contribution in [2.75, 3.05) is 12.6 Å². The van der Waals surface area contributed by atoms with Crippen LogP contribution in [-0.2, 0) is 11.3 Å². The Kier molecular flexibility index (Phi) is 8.72. The Morgan fingerprint density at radius 1 is 0.973 bits per heavy atom. The van der Waals surface area contributed by atoms with Crippen LogP contribution < -0.4 is 4.74 Å². The number of halogens is 1. The molecule has 2 saturated carbocycles. The number of pyridine rings is 1. The van der Waals surface area contributed by atoms with Gasteiger partial charge in [-0.25, -0.2) is 9.67 Å². The zero-order valence-corrected chi connectivity index (χ0v) is 22.2. The summed E-state index contributed by atoms with van der Waals surface area (Å²) in [6, 6.07) is 12.0. The Hall–Kier alpha value is -2.93. The molecular formula is C29H36ClN5O2. The van der Waals surface area contributed by atoms with Crippen molar-refractivity contribution < 1.29 is 9.53 Å². The fourth-order valence-electron chi connectivity index (χ4n) is 5.77. The van der Waals surface area contributed by atoms with E-state index in [1.54, 1.807) is 12.4 Å². The van der Waals surface area contributed by atoms with Gasteiger partial charge in [0.05, 0.1) is 6.54 Å². The Labute approximate surface area is 224 Å². The normalized spacial score (nSPS) is 17.0. The number of hydrogen-bond acceptors (Lipinski definition) is 5. The molecule has 0 aliphatic heterocycles. The fourth-order valence-corrected chi connectivity index (χ4v) is 5.90. The van der Waals surface area contributed by atoms with Gasteiger partial charge in [0.25, 0.3) is 0 Å². The molecule has 0 spiro atoms. The number of amides is 1. The average Bonchev–Trinajstić information content (AvgIpc) is 3.54. The Morgan fingerprint density at radius 3 is 2.43 bits per heavy atom. The lowest BCUT2D eigenvalue weighted by molar-refractivity contribution is -0.138. The second-order valence-corrected chi connectivity index (χ2v) is 10.4. The highest BCUT2D eigenvalue weighted by molar-refractivity contribution is 6.17. The van der Waals surface area contributed by atoms with Crippen molar-refractivity contribution in [2.24, 2.45) is 5.92 Å². The molecule has 0 unspecified atom stereocenters. The zero-order valence-electron chi connectivity index (χ0n) is 21.4. The minimum Gasteiger partial charge on any atom is -0.478 e. The second-order valence-electron chi connectivity index (χ2n) is 10.2. The van der Waals surface area contributed by atoms with Gasteiger partial charge >= 0.3 is 0 Å². The highest BCUT2D eigenvalue weighted by Crippen LogP contribution is 2.30. The zero-order chi connectivity index (χ0) is 25.5. The number of carbonyl (C=O) groups excluding carboxylic acids is 1. The van der Waals surface area contributed by atoms with Gasteiger partial charge in [-0.1, -0.05) is 62.3 Å². The lowest BCUT2D eigenvalue weighted by Crippen LogP contribution is -2.44. The summed E-state index contributed by atoms with van der Waals surface area (Å²) in [5.41, 5.74) is 1.81. The predicted octanol–water partition coefficient (Wildman–Crippen LogP) is 6.32. The predicted molar refractivity (Wildman–Crippen MR) is 145 cm³/mol. The molecule has 2 aliphatic rings. The molecule has 37 heavy (non-hydrogen) atoms. The summed E-state index contributed by atoms with van der Waals surface area (Å²) in [4.78, 5) is 25.0. The van der Waals surface area contributed by atoms with Crippen molar-refractivity contribution in [1.29, 1.82) is 0 Å². The van der Waals surface area contributed by atoms with Crippen LogP contribution in [0.25, 0.3) is 22.8 Å². The number of carbonyl (C=O) groups is 1. The van der Waals surface area contributed by atoms with Gasteiger partial charge < -0.3 is 9.64 Å². The van der Waals surface area contributed by atoms with Gasteiger partial charge in [-0.15, -0.1) is 0 Å². The van der Waals surface area contributed by atoms with Crippen LogP contribution in [-0.4, -0.2) is 49.2 Å². The highest BCUT2D eigenvalue weighted by atomic mass is 35.5. The van der Waals surface area contributed by atoms with Crippen molar-refractivity contribution in [3.63, 3.8) is 0 Å². The van der Waals surface area contributed by atoms with Gasteiger partial charge in [-0.3, -0.25) is 9.78 Å². The molecule has 7 nitrogen and oxygen atoms in total. The van der Waals surface area contributed by atoms with E-state index in [9.17, 15) is 4.79 Å². The van der Waals surface area contributed by atoms with E-state index < -0.39 is 0 Å². The third kappa shape index (κ3) is 6.32. The van der Waals surface area contributed by atoms with Crippen molar-refractivity contribution in [2.45, 2.75) is 76.8 Å². The van der Waals surface area contributed by atoms with Gasteiger partial charge in [0.15, 0.2) is 17.7 Å². The van der Waals surface area contributed by atoms with E-state index in [1.807, 2.05) is 41.1 Å². The summed E-state index contributed by atoms with van der Waals surface area (Å²) in [5.74, 6) is 2.59. The Balaban J connectivity index is 1.43. The summed E-state index contributed by atoms with van der Waals surface area (Å²) in [6.45, 7) is 1.23. The summed E-state index contributed by atoms with van der Waals surface area (Å²) in [6.07, 6.45) is 15.0. The summed E-state index contributed by atoms with van der Waals surface area (Å²) in [7, 11) is 0. The molecule has 2 fully saturated rings. The van der Waals surface area contributed by atoms with E-state index in [0.29, 0.717) is 36.6 Å². The Bertz CT molecular complexity index is 1150. The number of aromatic nitrogens is 4. The summed E-state index contributed by atoms with van der Waals surface area (Å²) >= 11 is 5.80. The molecule has 2 aromatic heterocycles. The second kappa shape index (κ2) is 12.5. The maximum atomic E-state index is 13.8. The van der Waals surface area contributed by atoms with Crippen LogP contribution in [0.3, 0.4) is 0 Å². The minimum atomic E-state index is 0.0814. The number of alkyl halides is 1. The smallest absolute Gasteiger partial charge is 0.225 e. The van der Waals surface area contributed by atoms with Gasteiger partial charge in [0, 0.05) is 42.0 Å². The van der Waals surface area contributed by atoms with Crippen LogP contribution in [0, 0.1) is 5.92 Å². The molecule has 3 aromatic rings. The third-order valence-corrected chi connectivity index (χ3v) is 7.84. The molecule has 0 radical (unpaired) electrons. The quantitative estimate of drug-likeness (QED) is 0.243. The molecule has 0 atom stereocenters. The molecule has 2 heterocycles. The van der Waals surface area contributed by atoms with Crippen LogP contribution >= 0.6 is 11.6 Å². The fraction of sp³-hybridized carbons (Fsp3) is 0.517. The first kappa shape index (κ1) is 25.7. The standard InChI is InChI=1S/C29H36ClN5O2/c30-21-37-26-13-7-10-24(20-26)28-32-27(22-14-16-31-17-15-22)33-35(28)19-18-34(25-11-5-6-12-25)29(36)23-8-3-1-2-4-9-23/h7,10,13-17,20,23,25H,1-6,8-9,11-12,18-19,21H2. The van der Waals surface area contributed by atoms with E-state index in [1.165, 1.54) is 25.7 Å². The lowest BCUT2D eigenvalue weighted by Gasteiger charge is -2.32. The van der Waals surface area contributed by atoms with Gasteiger partial charge in [-0.05, 0) is 49.9 Å². The summed E-state index contributed by atoms with van der Waals surface area (Å²) in [5, 5.41) is 4.89. The van der Waals surface area contributed by atoms with Crippen LogP contribution in [0.1, 0.15) is 64.2 Å². The molecule has 1 amide bonds. The molecule has 5 rings (SSSR count). The monoisotopic (exact) mass is 521 g/mol. The first-order valence-electron chi connectivity index (χ1n) is 13.7. The number of benzene rings is 1. The number of nitrogens with zero attached hydrogens (tertiary/aromatic N) is 5. The van der Waals surface area contributed by atoms with Gasteiger partial charge in [-0.2, -0.15) is 5.10 Å². The molecule has 196 valence electrons. The van der Waals surface area contributed by atoms with E-state index >= 15 is 0 Å². The van der Waals surface area contributed by atoms with E-state index in [4.69, 9.17) is 26.4 Å². The topological polar surface area (TPSA) is 73.1 Å². The summed E-state index contributed by atoms with van der Waals surface area (Å²) < 4.78 is 7.46. The van der Waals surface area contributed by atoms with Crippen LogP contribution in [0.2, 0.25) is 0 Å². The molecule has 8 heteroatoms. The van der Waals surface area contributed by atoms with Crippen molar-refractivity contribution in [1.82, 2.24) is 24.6 Å². The van der Waals surface area contributed by atoms with Crippen LogP contribution in [0.5, 0.6) is 5.75 Å². The minimum absolute atomic E-state index is 0.0814. The SMILES string of the molecule is O=C(C1CCCCCC1)N(CCn1nc(-c2ccncc2)nc1-c1cccc(OCCl)c1)C1CCCC1. The van der Waals surface area contributed by atoms with E-state index in [-0.39, 0.29) is 12.0 Å². The first-order valence-corrected chi connectivity index (χ1v) is 14.2. The molecule has 0 bridgehead atoms. The number of hydrogen-bond donors (Lipinski definition) is 0. The van der Waals surface area contributed by atoms with Crippen LogP contribution in [0.4, 0.5) is 0 Å². The molecule has 2 aliphatic carbocycles.